The number of nitrogens with one attached hydrogen (secondary N) is 1. The molecule has 0 aliphatic carbocycles. The fraction of sp³-hybridized carbons (Fsp3) is 0.588. The van der Waals surface area contributed by atoms with E-state index in [0.29, 0.717) is 25.3 Å². The van der Waals surface area contributed by atoms with Gasteiger partial charge in [0.05, 0.1) is 25.1 Å². The van der Waals surface area contributed by atoms with Gasteiger partial charge >= 0.3 is 0 Å². The van der Waals surface area contributed by atoms with Crippen LogP contribution in [0.2, 0.25) is 0 Å². The average molecular weight is 347 g/mol. The summed E-state index contributed by atoms with van der Waals surface area (Å²) in [7, 11) is 0. The third kappa shape index (κ3) is 4.90. The Morgan fingerprint density at radius 2 is 1.92 bits per heavy atom. The summed E-state index contributed by atoms with van der Waals surface area (Å²) in [4.78, 5) is 33.4. The van der Waals surface area contributed by atoms with Crippen molar-refractivity contribution in [1.29, 1.82) is 0 Å². The molecular formula is C17H25N5O3. The number of amides is 2. The predicted molar refractivity (Wildman–Crippen MR) is 93.7 cm³/mol. The fourth-order valence-electron chi connectivity index (χ4n) is 3.04. The highest BCUT2D eigenvalue weighted by Gasteiger charge is 2.17. The Balaban J connectivity index is 1.44. The summed E-state index contributed by atoms with van der Waals surface area (Å²) < 4.78 is 5.31. The standard InChI is InChI=1S/C17H25N5O3/c23-14-21-5-7-22(8-6-21)15-1-2-16(19-13-15)17(24)18-3-4-20-9-11-25-12-10-20/h1-2,13-14H,3-12H2,(H,18,24). The lowest BCUT2D eigenvalue weighted by molar-refractivity contribution is -0.118. The van der Waals surface area contributed by atoms with Crippen LogP contribution in [0.15, 0.2) is 18.3 Å². The molecule has 1 aromatic rings. The van der Waals surface area contributed by atoms with Crippen molar-refractivity contribution in [2.45, 2.75) is 0 Å². The molecule has 0 atom stereocenters. The highest BCUT2D eigenvalue weighted by Crippen LogP contribution is 2.15. The predicted octanol–water partition coefficient (Wildman–Crippen LogP) is -0.578. The molecule has 25 heavy (non-hydrogen) atoms. The summed E-state index contributed by atoms with van der Waals surface area (Å²) in [6.45, 7) is 7.79. The number of piperazine rings is 1. The third-order valence-electron chi connectivity index (χ3n) is 4.63. The molecule has 1 aromatic heterocycles. The molecule has 8 nitrogen and oxygen atoms in total. The number of carbonyl (C=O) groups excluding carboxylic acids is 2. The second-order valence-electron chi connectivity index (χ2n) is 6.24. The van der Waals surface area contributed by atoms with E-state index in [1.54, 1.807) is 17.2 Å². The van der Waals surface area contributed by atoms with Gasteiger partial charge in [0.1, 0.15) is 5.69 Å². The van der Waals surface area contributed by atoms with E-state index in [1.165, 1.54) is 0 Å². The van der Waals surface area contributed by atoms with E-state index in [0.717, 1.165) is 58.0 Å². The minimum absolute atomic E-state index is 0.148. The number of morpholine rings is 1. The van der Waals surface area contributed by atoms with Gasteiger partial charge in [0, 0.05) is 52.4 Å². The number of nitrogens with zero attached hydrogens (tertiary/aromatic N) is 4. The topological polar surface area (TPSA) is 78.0 Å². The lowest BCUT2D eigenvalue weighted by atomic mass is 10.2. The van der Waals surface area contributed by atoms with Crippen LogP contribution in [-0.2, 0) is 9.53 Å². The van der Waals surface area contributed by atoms with Crippen molar-refractivity contribution < 1.29 is 14.3 Å². The molecule has 0 saturated carbocycles. The van der Waals surface area contributed by atoms with Gasteiger partial charge in [0.25, 0.3) is 5.91 Å². The van der Waals surface area contributed by atoms with Crippen LogP contribution in [0.5, 0.6) is 0 Å². The second kappa shape index (κ2) is 8.77. The molecule has 8 heteroatoms. The molecule has 0 aromatic carbocycles. The minimum atomic E-state index is -0.148. The van der Waals surface area contributed by atoms with E-state index in [-0.39, 0.29) is 5.91 Å². The first-order valence-corrected chi connectivity index (χ1v) is 8.75. The van der Waals surface area contributed by atoms with E-state index in [2.05, 4.69) is 20.1 Å². The zero-order valence-corrected chi connectivity index (χ0v) is 14.4. The molecule has 3 heterocycles. The first-order chi connectivity index (χ1) is 12.3. The number of hydrogen-bond donors (Lipinski definition) is 1. The highest BCUT2D eigenvalue weighted by molar-refractivity contribution is 5.92. The minimum Gasteiger partial charge on any atom is -0.379 e. The molecule has 2 aliphatic rings. The van der Waals surface area contributed by atoms with Crippen LogP contribution in [0.1, 0.15) is 10.5 Å². The number of rotatable bonds is 6. The van der Waals surface area contributed by atoms with Crippen molar-refractivity contribution in [3.8, 4) is 0 Å². The highest BCUT2D eigenvalue weighted by atomic mass is 16.5. The van der Waals surface area contributed by atoms with E-state index in [1.807, 2.05) is 6.07 Å². The molecule has 0 bridgehead atoms. The first kappa shape index (κ1) is 17.6. The van der Waals surface area contributed by atoms with Crippen molar-refractivity contribution in [3.05, 3.63) is 24.0 Å². The van der Waals surface area contributed by atoms with Gasteiger partial charge in [-0.05, 0) is 12.1 Å². The smallest absolute Gasteiger partial charge is 0.269 e. The van der Waals surface area contributed by atoms with Gasteiger partial charge in [0.2, 0.25) is 6.41 Å². The summed E-state index contributed by atoms with van der Waals surface area (Å²) >= 11 is 0. The zero-order chi connectivity index (χ0) is 17.5. The van der Waals surface area contributed by atoms with Gasteiger partial charge in [-0.15, -0.1) is 0 Å². The largest absolute Gasteiger partial charge is 0.379 e. The van der Waals surface area contributed by atoms with Gasteiger partial charge in [-0.1, -0.05) is 0 Å². The molecular weight excluding hydrogens is 322 g/mol. The molecule has 0 radical (unpaired) electrons. The van der Waals surface area contributed by atoms with Crippen LogP contribution < -0.4 is 10.2 Å². The van der Waals surface area contributed by atoms with Crippen LogP contribution in [-0.4, -0.2) is 92.7 Å². The Morgan fingerprint density at radius 3 is 2.56 bits per heavy atom. The fourth-order valence-corrected chi connectivity index (χ4v) is 3.04. The normalized spacial score (nSPS) is 18.9. The molecule has 2 amide bonds. The molecule has 2 fully saturated rings. The summed E-state index contributed by atoms with van der Waals surface area (Å²) in [5.41, 5.74) is 1.41. The monoisotopic (exact) mass is 347 g/mol. The maximum absolute atomic E-state index is 12.2. The van der Waals surface area contributed by atoms with Gasteiger partial charge in [-0.25, -0.2) is 4.98 Å². The molecule has 2 saturated heterocycles. The van der Waals surface area contributed by atoms with Crippen LogP contribution >= 0.6 is 0 Å². The van der Waals surface area contributed by atoms with Gasteiger partial charge in [-0.2, -0.15) is 0 Å². The quantitative estimate of drug-likeness (QED) is 0.694. The number of aromatic nitrogens is 1. The molecule has 2 aliphatic heterocycles. The summed E-state index contributed by atoms with van der Waals surface area (Å²) in [6, 6.07) is 3.67. The molecule has 1 N–H and O–H groups in total. The molecule has 136 valence electrons. The van der Waals surface area contributed by atoms with Crippen molar-refractivity contribution in [1.82, 2.24) is 20.1 Å². The lowest BCUT2D eigenvalue weighted by Crippen LogP contribution is -2.45. The van der Waals surface area contributed by atoms with Crippen molar-refractivity contribution in [2.75, 3.05) is 70.5 Å². The van der Waals surface area contributed by atoms with Crippen molar-refractivity contribution in [3.63, 3.8) is 0 Å². The van der Waals surface area contributed by atoms with Gasteiger partial charge in [-0.3, -0.25) is 14.5 Å². The molecule has 0 unspecified atom stereocenters. The summed E-state index contributed by atoms with van der Waals surface area (Å²) in [5, 5.41) is 2.92. The van der Waals surface area contributed by atoms with E-state index in [9.17, 15) is 9.59 Å². The number of pyridine rings is 1. The number of ether oxygens (including phenoxy) is 1. The zero-order valence-electron chi connectivity index (χ0n) is 14.4. The summed E-state index contributed by atoms with van der Waals surface area (Å²) in [6.07, 6.45) is 2.62. The first-order valence-electron chi connectivity index (χ1n) is 8.75. The van der Waals surface area contributed by atoms with E-state index >= 15 is 0 Å². The maximum Gasteiger partial charge on any atom is 0.269 e. The Labute approximate surface area is 147 Å². The third-order valence-corrected chi connectivity index (χ3v) is 4.63. The number of carbonyl (C=O) groups is 2. The van der Waals surface area contributed by atoms with E-state index < -0.39 is 0 Å². The summed E-state index contributed by atoms with van der Waals surface area (Å²) in [5.74, 6) is -0.148. The molecule has 0 spiro atoms. The SMILES string of the molecule is O=CN1CCN(c2ccc(C(=O)NCCN3CCOCC3)nc2)CC1. The second-order valence-corrected chi connectivity index (χ2v) is 6.24. The van der Waals surface area contributed by atoms with Crippen LogP contribution in [0.4, 0.5) is 5.69 Å². The lowest BCUT2D eigenvalue weighted by Gasteiger charge is -2.33. The van der Waals surface area contributed by atoms with Crippen molar-refractivity contribution in [2.24, 2.45) is 0 Å². The van der Waals surface area contributed by atoms with Crippen LogP contribution in [0.3, 0.4) is 0 Å². The van der Waals surface area contributed by atoms with Crippen molar-refractivity contribution >= 4 is 18.0 Å². The average Bonchev–Trinajstić information content (AvgIpc) is 2.69. The number of anilines is 1. The van der Waals surface area contributed by atoms with E-state index in [4.69, 9.17) is 4.74 Å². The Kier molecular flexibility index (Phi) is 6.19. The van der Waals surface area contributed by atoms with Crippen LogP contribution in [0.25, 0.3) is 0 Å². The Hall–Kier alpha value is -2.19. The van der Waals surface area contributed by atoms with Gasteiger partial charge < -0.3 is 19.9 Å². The maximum atomic E-state index is 12.2. The van der Waals surface area contributed by atoms with Gasteiger partial charge in [0.15, 0.2) is 0 Å². The number of hydrogen-bond acceptors (Lipinski definition) is 6. The Bertz CT molecular complexity index is 566. The Morgan fingerprint density at radius 1 is 1.16 bits per heavy atom. The van der Waals surface area contributed by atoms with Crippen LogP contribution in [0, 0.1) is 0 Å². The molecule has 3 rings (SSSR count).